The van der Waals surface area contributed by atoms with Crippen LogP contribution in [0.2, 0.25) is 0 Å². The van der Waals surface area contributed by atoms with Crippen LogP contribution in [0.4, 0.5) is 0 Å². The van der Waals surface area contributed by atoms with Crippen LogP contribution in [0.15, 0.2) is 41.2 Å². The van der Waals surface area contributed by atoms with Gasteiger partial charge >= 0.3 is 0 Å². The van der Waals surface area contributed by atoms with Crippen molar-refractivity contribution in [3.8, 4) is 5.88 Å². The molecule has 112 valence electrons. The summed E-state index contributed by atoms with van der Waals surface area (Å²) in [6.07, 6.45) is 0. The molecule has 0 aliphatic rings. The molecule has 0 aliphatic carbocycles. The van der Waals surface area contributed by atoms with Gasteiger partial charge in [-0.2, -0.15) is 0 Å². The summed E-state index contributed by atoms with van der Waals surface area (Å²) < 4.78 is 6.53. The van der Waals surface area contributed by atoms with Crippen molar-refractivity contribution < 1.29 is 4.74 Å². The monoisotopic (exact) mass is 287 g/mol. The van der Waals surface area contributed by atoms with E-state index in [1.807, 2.05) is 19.1 Å². The van der Waals surface area contributed by atoms with Crippen LogP contribution in [0.3, 0.4) is 0 Å². The third-order valence-electron chi connectivity index (χ3n) is 3.42. The highest BCUT2D eigenvalue weighted by molar-refractivity contribution is 5.28. The van der Waals surface area contributed by atoms with Gasteiger partial charge in [-0.3, -0.25) is 4.79 Å². The molecular formula is C16H21N3O2. The zero-order chi connectivity index (χ0) is 15.2. The molecule has 1 heterocycles. The molecule has 1 N–H and O–H groups in total. The van der Waals surface area contributed by atoms with Gasteiger partial charge in [-0.05, 0) is 24.6 Å². The van der Waals surface area contributed by atoms with Crippen molar-refractivity contribution >= 4 is 0 Å². The Bertz CT molecular complexity index is 652. The first-order chi connectivity index (χ1) is 10.2. The summed E-state index contributed by atoms with van der Waals surface area (Å²) in [5.74, 6) is 0.439. The van der Waals surface area contributed by atoms with E-state index in [0.717, 1.165) is 6.54 Å². The highest BCUT2D eigenvalue weighted by Gasteiger charge is 2.14. The summed E-state index contributed by atoms with van der Waals surface area (Å²) in [4.78, 5) is 12.0. The van der Waals surface area contributed by atoms with Gasteiger partial charge in [0.25, 0.3) is 5.56 Å². The average molecular weight is 287 g/mol. The Hall–Kier alpha value is -2.14. The molecule has 0 radical (unpaired) electrons. The normalized spacial score (nSPS) is 12.1. The lowest BCUT2D eigenvalue weighted by Crippen LogP contribution is -2.32. The van der Waals surface area contributed by atoms with E-state index >= 15 is 0 Å². The number of aromatic nitrogens is 2. The Labute approximate surface area is 124 Å². The van der Waals surface area contributed by atoms with Crippen LogP contribution in [0.5, 0.6) is 5.88 Å². The lowest BCUT2D eigenvalue weighted by Gasteiger charge is -2.20. The van der Waals surface area contributed by atoms with Gasteiger partial charge in [-0.1, -0.05) is 31.2 Å². The molecule has 21 heavy (non-hydrogen) atoms. The number of hydrogen-bond acceptors (Lipinski definition) is 4. The van der Waals surface area contributed by atoms with Crippen molar-refractivity contribution in [2.45, 2.75) is 26.4 Å². The average Bonchev–Trinajstić information content (AvgIpc) is 2.49. The number of hydrogen-bond donors (Lipinski definition) is 1. The fourth-order valence-corrected chi connectivity index (χ4v) is 2.34. The maximum absolute atomic E-state index is 12.0. The molecule has 0 spiro atoms. The van der Waals surface area contributed by atoms with Crippen LogP contribution in [-0.2, 0) is 6.54 Å². The summed E-state index contributed by atoms with van der Waals surface area (Å²) in [5, 5.41) is 7.62. The van der Waals surface area contributed by atoms with E-state index in [9.17, 15) is 4.79 Å². The maximum Gasteiger partial charge on any atom is 0.267 e. The maximum atomic E-state index is 12.0. The topological polar surface area (TPSA) is 56.1 Å². The van der Waals surface area contributed by atoms with E-state index in [-0.39, 0.29) is 11.6 Å². The minimum Gasteiger partial charge on any atom is -0.480 e. The van der Waals surface area contributed by atoms with Crippen molar-refractivity contribution in [1.82, 2.24) is 15.1 Å². The van der Waals surface area contributed by atoms with E-state index in [1.54, 1.807) is 13.2 Å². The number of methoxy groups -OCH3 is 1. The minimum atomic E-state index is -0.132. The summed E-state index contributed by atoms with van der Waals surface area (Å²) in [6, 6.07) is 11.3. The summed E-state index contributed by atoms with van der Waals surface area (Å²) in [7, 11) is 1.54. The third kappa shape index (κ3) is 3.70. The Morgan fingerprint density at radius 3 is 2.71 bits per heavy atom. The molecule has 0 bridgehead atoms. The van der Waals surface area contributed by atoms with E-state index in [0.29, 0.717) is 12.4 Å². The second-order valence-electron chi connectivity index (χ2n) is 4.86. The molecule has 1 atom stereocenters. The van der Waals surface area contributed by atoms with Crippen molar-refractivity contribution in [3.05, 3.63) is 57.9 Å². The molecule has 2 rings (SSSR count). The third-order valence-corrected chi connectivity index (χ3v) is 3.42. The van der Waals surface area contributed by atoms with Gasteiger partial charge in [-0.15, -0.1) is 5.10 Å². The van der Waals surface area contributed by atoms with Gasteiger partial charge in [0, 0.05) is 12.1 Å². The van der Waals surface area contributed by atoms with Crippen molar-refractivity contribution in [2.24, 2.45) is 0 Å². The van der Waals surface area contributed by atoms with Gasteiger partial charge in [0.1, 0.15) is 0 Å². The Kier molecular flexibility index (Phi) is 5.11. The van der Waals surface area contributed by atoms with Crippen LogP contribution in [0.1, 0.15) is 24.1 Å². The number of benzene rings is 1. The smallest absolute Gasteiger partial charge is 0.267 e. The number of aryl methyl sites for hydroxylation is 1. The molecule has 0 saturated carbocycles. The minimum absolute atomic E-state index is 0.0357. The van der Waals surface area contributed by atoms with E-state index in [2.05, 4.69) is 29.5 Å². The predicted octanol–water partition coefficient (Wildman–Crippen LogP) is 1.91. The van der Waals surface area contributed by atoms with Crippen LogP contribution in [0.25, 0.3) is 0 Å². The van der Waals surface area contributed by atoms with Gasteiger partial charge in [0.15, 0.2) is 0 Å². The van der Waals surface area contributed by atoms with Gasteiger partial charge in [0.2, 0.25) is 5.88 Å². The second kappa shape index (κ2) is 7.04. The van der Waals surface area contributed by atoms with Crippen molar-refractivity contribution in [1.29, 1.82) is 0 Å². The molecule has 0 aliphatic heterocycles. The molecule has 5 nitrogen and oxygen atoms in total. The highest BCUT2D eigenvalue weighted by atomic mass is 16.5. The predicted molar refractivity (Wildman–Crippen MR) is 82.6 cm³/mol. The van der Waals surface area contributed by atoms with Gasteiger partial charge < -0.3 is 10.1 Å². The molecule has 1 aromatic heterocycles. The largest absolute Gasteiger partial charge is 0.480 e. The molecule has 0 fully saturated rings. The molecule has 1 unspecified atom stereocenters. The molecule has 0 amide bonds. The molecular weight excluding hydrogens is 266 g/mol. The van der Waals surface area contributed by atoms with E-state index in [4.69, 9.17) is 4.74 Å². The number of nitrogens with one attached hydrogen (secondary N) is 1. The number of likely N-dealkylation sites (N-methyl/N-ethyl adjacent to an activating group) is 1. The Morgan fingerprint density at radius 1 is 1.29 bits per heavy atom. The van der Waals surface area contributed by atoms with E-state index in [1.165, 1.54) is 21.9 Å². The van der Waals surface area contributed by atoms with Crippen molar-refractivity contribution in [3.63, 3.8) is 0 Å². The summed E-state index contributed by atoms with van der Waals surface area (Å²) >= 11 is 0. The highest BCUT2D eigenvalue weighted by Crippen LogP contribution is 2.18. The lowest BCUT2D eigenvalue weighted by molar-refractivity contribution is 0.361. The fourth-order valence-electron chi connectivity index (χ4n) is 2.34. The van der Waals surface area contributed by atoms with Gasteiger partial charge in [-0.25, -0.2) is 4.68 Å². The van der Waals surface area contributed by atoms with E-state index < -0.39 is 0 Å². The van der Waals surface area contributed by atoms with Crippen LogP contribution < -0.4 is 15.6 Å². The lowest BCUT2D eigenvalue weighted by atomic mass is 10.0. The number of rotatable bonds is 6. The Morgan fingerprint density at radius 2 is 2.05 bits per heavy atom. The molecule has 1 aromatic carbocycles. The standard InChI is InChI=1S/C16H21N3O2/c1-4-17-14(13-8-6-5-7-12(13)2)11-19-16(20)10-9-15(18-19)21-3/h5-10,14,17H,4,11H2,1-3H3. The first kappa shape index (κ1) is 15.3. The van der Waals surface area contributed by atoms with Crippen LogP contribution in [-0.4, -0.2) is 23.4 Å². The van der Waals surface area contributed by atoms with Crippen molar-refractivity contribution in [2.75, 3.05) is 13.7 Å². The second-order valence-corrected chi connectivity index (χ2v) is 4.86. The number of ether oxygens (including phenoxy) is 1. The van der Waals surface area contributed by atoms with Gasteiger partial charge in [0.05, 0.1) is 19.7 Å². The first-order valence-electron chi connectivity index (χ1n) is 7.06. The SMILES string of the molecule is CCNC(Cn1nc(OC)ccc1=O)c1ccccc1C. The fraction of sp³-hybridized carbons (Fsp3) is 0.375. The molecule has 0 saturated heterocycles. The van der Waals surface area contributed by atoms with Crippen LogP contribution in [0, 0.1) is 6.92 Å². The first-order valence-corrected chi connectivity index (χ1v) is 7.06. The Balaban J connectivity index is 2.33. The quantitative estimate of drug-likeness (QED) is 0.882. The van der Waals surface area contributed by atoms with Crippen LogP contribution >= 0.6 is 0 Å². The zero-order valence-corrected chi connectivity index (χ0v) is 12.7. The molecule has 5 heteroatoms. The number of nitrogens with zero attached hydrogens (tertiary/aromatic N) is 2. The summed E-state index contributed by atoms with van der Waals surface area (Å²) in [6.45, 7) is 5.40. The summed E-state index contributed by atoms with van der Waals surface area (Å²) in [5.41, 5.74) is 2.24. The molecule has 2 aromatic rings. The zero-order valence-electron chi connectivity index (χ0n) is 12.7.